The van der Waals surface area contributed by atoms with Crippen molar-refractivity contribution in [1.29, 1.82) is 0 Å². The number of nitrogens with zero attached hydrogens (tertiary/aromatic N) is 2. The Morgan fingerprint density at radius 2 is 1.82 bits per heavy atom. The van der Waals surface area contributed by atoms with E-state index in [9.17, 15) is 18.0 Å². The molecule has 0 aliphatic rings. The highest BCUT2D eigenvalue weighted by Gasteiger charge is 2.30. The van der Waals surface area contributed by atoms with Crippen molar-refractivity contribution < 1.29 is 27.8 Å². The van der Waals surface area contributed by atoms with Crippen LogP contribution in [0.1, 0.15) is 21.7 Å². The highest BCUT2D eigenvalue weighted by atomic mass is 19.4. The number of aliphatic hydroxyl groups excluding tert-OH is 1. The predicted octanol–water partition coefficient (Wildman–Crippen LogP) is 4.89. The molecule has 1 aromatic heterocycles. The fourth-order valence-corrected chi connectivity index (χ4v) is 3.57. The molecule has 34 heavy (non-hydrogen) atoms. The van der Waals surface area contributed by atoms with Crippen LogP contribution < -0.4 is 4.74 Å². The lowest BCUT2D eigenvalue weighted by atomic mass is 9.98. The summed E-state index contributed by atoms with van der Waals surface area (Å²) in [7, 11) is 1.64. The minimum Gasteiger partial charge on any atom is -0.486 e. The molecule has 6 nitrogen and oxygen atoms in total. The van der Waals surface area contributed by atoms with Gasteiger partial charge in [-0.3, -0.25) is 4.79 Å². The van der Waals surface area contributed by atoms with E-state index in [-0.39, 0.29) is 25.7 Å². The SMILES string of the molecule is CN(CCO)C(=O)c1ccccc1-c1ccc2nc(COc3ccc(C(F)(F)F)cc3)[nH]c2c1. The number of benzene rings is 3. The van der Waals surface area contributed by atoms with Gasteiger partial charge < -0.3 is 19.7 Å². The van der Waals surface area contributed by atoms with E-state index >= 15 is 0 Å². The molecule has 0 aliphatic heterocycles. The third-order valence-corrected chi connectivity index (χ3v) is 5.34. The van der Waals surface area contributed by atoms with Crippen molar-refractivity contribution in [3.63, 3.8) is 0 Å². The van der Waals surface area contributed by atoms with Crippen molar-refractivity contribution in [3.05, 3.63) is 83.7 Å². The van der Waals surface area contributed by atoms with Crippen LogP contribution in [-0.4, -0.2) is 46.1 Å². The monoisotopic (exact) mass is 469 g/mol. The van der Waals surface area contributed by atoms with Crippen LogP contribution >= 0.6 is 0 Å². The van der Waals surface area contributed by atoms with Gasteiger partial charge in [-0.1, -0.05) is 24.3 Å². The molecule has 0 atom stereocenters. The van der Waals surface area contributed by atoms with Crippen LogP contribution in [-0.2, 0) is 12.8 Å². The van der Waals surface area contributed by atoms with Gasteiger partial charge in [0.05, 0.1) is 23.2 Å². The van der Waals surface area contributed by atoms with E-state index in [1.54, 1.807) is 19.2 Å². The number of nitrogens with one attached hydrogen (secondary N) is 1. The van der Waals surface area contributed by atoms with Crippen molar-refractivity contribution >= 4 is 16.9 Å². The van der Waals surface area contributed by atoms with Crippen molar-refractivity contribution in [2.24, 2.45) is 0 Å². The number of rotatable bonds is 7. The molecule has 0 saturated carbocycles. The summed E-state index contributed by atoms with van der Waals surface area (Å²) in [4.78, 5) is 21.9. The molecule has 0 unspecified atom stereocenters. The summed E-state index contributed by atoms with van der Waals surface area (Å²) < 4.78 is 43.7. The molecule has 4 aromatic rings. The third-order valence-electron chi connectivity index (χ3n) is 5.34. The minimum atomic E-state index is -4.40. The number of alkyl halides is 3. The maximum absolute atomic E-state index is 12.8. The predicted molar refractivity (Wildman–Crippen MR) is 121 cm³/mol. The molecule has 0 bridgehead atoms. The first-order valence-corrected chi connectivity index (χ1v) is 10.5. The first kappa shape index (κ1) is 23.3. The van der Waals surface area contributed by atoms with Gasteiger partial charge >= 0.3 is 6.18 Å². The highest BCUT2D eigenvalue weighted by molar-refractivity contribution is 6.01. The second-order valence-corrected chi connectivity index (χ2v) is 7.72. The van der Waals surface area contributed by atoms with Crippen molar-refractivity contribution in [1.82, 2.24) is 14.9 Å². The number of aromatic nitrogens is 2. The van der Waals surface area contributed by atoms with Crippen LogP contribution in [0.5, 0.6) is 5.75 Å². The van der Waals surface area contributed by atoms with E-state index in [0.29, 0.717) is 22.7 Å². The second-order valence-electron chi connectivity index (χ2n) is 7.72. The maximum Gasteiger partial charge on any atom is 0.416 e. The molecule has 0 fully saturated rings. The van der Waals surface area contributed by atoms with Gasteiger partial charge in [-0.25, -0.2) is 4.98 Å². The Morgan fingerprint density at radius 1 is 1.09 bits per heavy atom. The van der Waals surface area contributed by atoms with Crippen LogP contribution in [0.25, 0.3) is 22.2 Å². The van der Waals surface area contributed by atoms with Crippen molar-refractivity contribution in [3.8, 4) is 16.9 Å². The Hall–Kier alpha value is -3.85. The summed E-state index contributed by atoms with van der Waals surface area (Å²) in [5, 5.41) is 9.14. The summed E-state index contributed by atoms with van der Waals surface area (Å²) >= 11 is 0. The van der Waals surface area contributed by atoms with E-state index in [4.69, 9.17) is 9.84 Å². The number of carbonyl (C=O) groups excluding carboxylic acids is 1. The zero-order valence-electron chi connectivity index (χ0n) is 18.3. The Labute approximate surface area is 193 Å². The lowest BCUT2D eigenvalue weighted by Crippen LogP contribution is -2.29. The molecule has 176 valence electrons. The number of fused-ring (bicyclic) bond motifs is 1. The lowest BCUT2D eigenvalue weighted by molar-refractivity contribution is -0.137. The van der Waals surface area contributed by atoms with Crippen molar-refractivity contribution in [2.45, 2.75) is 12.8 Å². The zero-order valence-corrected chi connectivity index (χ0v) is 18.3. The number of aromatic amines is 1. The molecule has 0 aliphatic carbocycles. The number of H-pyrrole nitrogens is 1. The summed E-state index contributed by atoms with van der Waals surface area (Å²) in [5.41, 5.74) is 2.76. The number of ether oxygens (including phenoxy) is 1. The van der Waals surface area contributed by atoms with E-state index in [1.165, 1.54) is 17.0 Å². The molecule has 4 rings (SSSR count). The van der Waals surface area contributed by atoms with Gasteiger partial charge in [0, 0.05) is 19.2 Å². The molecule has 3 aromatic carbocycles. The van der Waals surface area contributed by atoms with Gasteiger partial charge in [-0.15, -0.1) is 0 Å². The summed E-state index contributed by atoms with van der Waals surface area (Å²) in [6.45, 7) is 0.160. The second kappa shape index (κ2) is 9.56. The Balaban J connectivity index is 1.54. The molecule has 2 N–H and O–H groups in total. The van der Waals surface area contributed by atoms with Gasteiger partial charge in [0.2, 0.25) is 0 Å². The largest absolute Gasteiger partial charge is 0.486 e. The molecule has 0 spiro atoms. The average Bonchev–Trinajstić information content (AvgIpc) is 3.24. The van der Waals surface area contributed by atoms with Gasteiger partial charge in [0.15, 0.2) is 0 Å². The van der Waals surface area contributed by atoms with Crippen LogP contribution in [0.2, 0.25) is 0 Å². The summed E-state index contributed by atoms with van der Waals surface area (Å²) in [6, 6.07) is 17.3. The molecular formula is C25H22F3N3O3. The quantitative estimate of drug-likeness (QED) is 0.404. The number of likely N-dealkylation sites (N-methyl/N-ethyl adjacent to an activating group) is 1. The van der Waals surface area contributed by atoms with Crippen LogP contribution in [0, 0.1) is 0 Å². The maximum atomic E-state index is 12.8. The molecule has 1 amide bonds. The Bertz CT molecular complexity index is 1300. The lowest BCUT2D eigenvalue weighted by Gasteiger charge is -2.18. The van der Waals surface area contributed by atoms with Crippen LogP contribution in [0.15, 0.2) is 66.7 Å². The Kier molecular flexibility index (Phi) is 6.56. The number of aliphatic hydroxyl groups is 1. The summed E-state index contributed by atoms with van der Waals surface area (Å²) in [6.07, 6.45) is -4.40. The van der Waals surface area contributed by atoms with E-state index in [0.717, 1.165) is 28.8 Å². The number of halogens is 3. The number of imidazole rings is 1. The molecular weight excluding hydrogens is 447 g/mol. The molecule has 0 saturated heterocycles. The van der Waals surface area contributed by atoms with E-state index < -0.39 is 11.7 Å². The number of hydrogen-bond donors (Lipinski definition) is 2. The van der Waals surface area contributed by atoms with E-state index in [2.05, 4.69) is 9.97 Å². The molecule has 9 heteroatoms. The molecule has 1 heterocycles. The first-order valence-electron chi connectivity index (χ1n) is 10.5. The smallest absolute Gasteiger partial charge is 0.416 e. The van der Waals surface area contributed by atoms with Gasteiger partial charge in [-0.2, -0.15) is 13.2 Å². The van der Waals surface area contributed by atoms with E-state index in [1.807, 2.05) is 30.3 Å². The van der Waals surface area contributed by atoms with Gasteiger partial charge in [0.25, 0.3) is 5.91 Å². The minimum absolute atomic E-state index is 0.0520. The van der Waals surface area contributed by atoms with Crippen molar-refractivity contribution in [2.75, 3.05) is 20.2 Å². The van der Waals surface area contributed by atoms with Crippen LogP contribution in [0.3, 0.4) is 0 Å². The topological polar surface area (TPSA) is 78.4 Å². The fourth-order valence-electron chi connectivity index (χ4n) is 3.57. The number of carbonyl (C=O) groups is 1. The normalized spacial score (nSPS) is 11.6. The summed E-state index contributed by atoms with van der Waals surface area (Å²) in [5.74, 6) is 0.618. The number of amides is 1. The van der Waals surface area contributed by atoms with Gasteiger partial charge in [0.1, 0.15) is 18.2 Å². The van der Waals surface area contributed by atoms with Gasteiger partial charge in [-0.05, 0) is 53.6 Å². The third kappa shape index (κ3) is 5.04. The Morgan fingerprint density at radius 3 is 2.53 bits per heavy atom. The highest BCUT2D eigenvalue weighted by Crippen LogP contribution is 2.31. The van der Waals surface area contributed by atoms with Crippen LogP contribution in [0.4, 0.5) is 13.2 Å². The standard InChI is InChI=1S/C25H22F3N3O3/c1-31(12-13-32)24(33)20-5-3-2-4-19(20)16-6-11-21-22(14-16)30-23(29-21)15-34-18-9-7-17(8-10-18)25(26,27)28/h2-11,14,32H,12-13,15H2,1H3,(H,29,30). The fraction of sp³-hybridized carbons (Fsp3) is 0.200. The zero-order chi connectivity index (χ0) is 24.3. The average molecular weight is 469 g/mol. The molecule has 0 radical (unpaired) electrons. The number of hydrogen-bond acceptors (Lipinski definition) is 4. The first-order chi connectivity index (χ1) is 16.3.